The Balaban J connectivity index is 1.16. The number of nitrogens with one attached hydrogen (secondary N) is 1. The van der Waals surface area contributed by atoms with Gasteiger partial charge in [-0.1, -0.05) is 44.0 Å². The number of hydrogen-bond acceptors (Lipinski definition) is 6. The Morgan fingerprint density at radius 1 is 1.00 bits per heavy atom. The number of rotatable bonds is 11. The fourth-order valence-electron chi connectivity index (χ4n) is 4.22. The van der Waals surface area contributed by atoms with Crippen LogP contribution in [0.1, 0.15) is 53.5 Å². The Morgan fingerprint density at radius 3 is 2.43 bits per heavy atom. The lowest BCUT2D eigenvalue weighted by atomic mass is 10.1. The number of carbonyl (C=O) groups is 1. The molecule has 0 unspecified atom stereocenters. The maximum atomic E-state index is 13.1. The number of aryl methyl sites for hydroxylation is 1. The van der Waals surface area contributed by atoms with E-state index in [1.165, 1.54) is 48.5 Å². The molecule has 2 heterocycles. The SMILES string of the molecule is CCCCCc1ccc(C(=O)NCCN2CCN(c3nc(Cc4ccc(F)cc4)ns3)CC2)cc1. The number of amides is 1. The van der Waals surface area contributed by atoms with Crippen molar-refractivity contribution in [1.82, 2.24) is 19.6 Å². The van der Waals surface area contributed by atoms with Crippen LogP contribution in [-0.4, -0.2) is 59.4 Å². The number of halogens is 1. The summed E-state index contributed by atoms with van der Waals surface area (Å²) in [6, 6.07) is 14.5. The first-order valence-electron chi connectivity index (χ1n) is 12.5. The molecule has 186 valence electrons. The summed E-state index contributed by atoms with van der Waals surface area (Å²) in [5, 5.41) is 3.99. The summed E-state index contributed by atoms with van der Waals surface area (Å²) in [6.07, 6.45) is 5.35. The molecule has 1 saturated heterocycles. The van der Waals surface area contributed by atoms with Gasteiger partial charge in [0.15, 0.2) is 0 Å². The van der Waals surface area contributed by atoms with Gasteiger partial charge in [-0.15, -0.1) is 0 Å². The number of aromatic nitrogens is 2. The van der Waals surface area contributed by atoms with Gasteiger partial charge in [0.25, 0.3) is 5.91 Å². The van der Waals surface area contributed by atoms with E-state index >= 15 is 0 Å². The molecule has 1 aliphatic rings. The molecule has 1 aromatic heterocycles. The normalized spacial score (nSPS) is 14.3. The van der Waals surface area contributed by atoms with Crippen molar-refractivity contribution < 1.29 is 9.18 Å². The number of hydrogen-bond donors (Lipinski definition) is 1. The van der Waals surface area contributed by atoms with Crippen LogP contribution in [-0.2, 0) is 12.8 Å². The van der Waals surface area contributed by atoms with Crippen LogP contribution >= 0.6 is 11.5 Å². The summed E-state index contributed by atoms with van der Waals surface area (Å²) < 4.78 is 17.6. The lowest BCUT2D eigenvalue weighted by Crippen LogP contribution is -2.48. The molecule has 6 nitrogen and oxygen atoms in total. The van der Waals surface area contributed by atoms with Crippen molar-refractivity contribution in [3.63, 3.8) is 0 Å². The predicted molar refractivity (Wildman–Crippen MR) is 140 cm³/mol. The molecule has 4 rings (SSSR count). The lowest BCUT2D eigenvalue weighted by Gasteiger charge is -2.34. The number of unbranched alkanes of at least 4 members (excludes halogenated alkanes) is 2. The van der Waals surface area contributed by atoms with Gasteiger partial charge in [0.2, 0.25) is 5.13 Å². The molecule has 1 N–H and O–H groups in total. The summed E-state index contributed by atoms with van der Waals surface area (Å²) >= 11 is 1.42. The van der Waals surface area contributed by atoms with E-state index in [4.69, 9.17) is 0 Å². The van der Waals surface area contributed by atoms with Crippen molar-refractivity contribution in [3.8, 4) is 0 Å². The van der Waals surface area contributed by atoms with Gasteiger partial charge in [0.1, 0.15) is 11.6 Å². The zero-order valence-corrected chi connectivity index (χ0v) is 21.2. The number of anilines is 1. The number of piperazine rings is 1. The average Bonchev–Trinajstić information content (AvgIpc) is 3.35. The quantitative estimate of drug-likeness (QED) is 0.396. The fourth-order valence-corrected chi connectivity index (χ4v) is 4.96. The van der Waals surface area contributed by atoms with Gasteiger partial charge >= 0.3 is 0 Å². The Bertz CT molecular complexity index is 1060. The van der Waals surface area contributed by atoms with E-state index in [2.05, 4.69) is 43.5 Å². The largest absolute Gasteiger partial charge is 0.351 e. The summed E-state index contributed by atoms with van der Waals surface area (Å²) in [7, 11) is 0. The molecule has 1 fully saturated rings. The van der Waals surface area contributed by atoms with E-state index in [0.717, 1.165) is 61.2 Å². The smallest absolute Gasteiger partial charge is 0.251 e. The summed E-state index contributed by atoms with van der Waals surface area (Å²) in [5.41, 5.74) is 3.03. The standard InChI is InChI=1S/C27H34FN5OS/c1-2-3-4-5-21-6-10-23(11-7-21)26(34)29-14-15-32-16-18-33(19-17-32)27-30-25(31-35-27)20-22-8-12-24(28)13-9-22/h6-13H,2-5,14-20H2,1H3,(H,29,34). The van der Waals surface area contributed by atoms with E-state index in [9.17, 15) is 9.18 Å². The Hall–Kier alpha value is -2.84. The average molecular weight is 496 g/mol. The summed E-state index contributed by atoms with van der Waals surface area (Å²) in [5.74, 6) is 0.534. The molecule has 0 atom stereocenters. The maximum Gasteiger partial charge on any atom is 0.251 e. The first-order valence-corrected chi connectivity index (χ1v) is 13.3. The van der Waals surface area contributed by atoms with Crippen LogP contribution in [0.15, 0.2) is 48.5 Å². The highest BCUT2D eigenvalue weighted by Gasteiger charge is 2.20. The van der Waals surface area contributed by atoms with Crippen LogP contribution in [0.25, 0.3) is 0 Å². The highest BCUT2D eigenvalue weighted by molar-refractivity contribution is 7.09. The third-order valence-electron chi connectivity index (χ3n) is 6.37. The Kier molecular flexibility index (Phi) is 9.20. The van der Waals surface area contributed by atoms with E-state index in [1.807, 2.05) is 12.1 Å². The third-order valence-corrected chi connectivity index (χ3v) is 7.19. The molecule has 0 saturated carbocycles. The minimum absolute atomic E-state index is 0.00807. The highest BCUT2D eigenvalue weighted by atomic mass is 32.1. The van der Waals surface area contributed by atoms with Gasteiger partial charge < -0.3 is 10.2 Å². The monoisotopic (exact) mass is 495 g/mol. The van der Waals surface area contributed by atoms with E-state index in [1.54, 1.807) is 12.1 Å². The zero-order valence-electron chi connectivity index (χ0n) is 20.4. The van der Waals surface area contributed by atoms with Gasteiger partial charge in [-0.05, 0) is 48.2 Å². The molecular weight excluding hydrogens is 461 g/mol. The zero-order chi connectivity index (χ0) is 24.5. The van der Waals surface area contributed by atoms with Crippen molar-refractivity contribution in [2.45, 2.75) is 39.0 Å². The van der Waals surface area contributed by atoms with Crippen LogP contribution in [0.4, 0.5) is 9.52 Å². The molecule has 0 bridgehead atoms. The first-order chi connectivity index (χ1) is 17.1. The number of benzene rings is 2. The molecular formula is C27H34FN5OS. The maximum absolute atomic E-state index is 13.1. The topological polar surface area (TPSA) is 61.4 Å². The van der Waals surface area contributed by atoms with Crippen molar-refractivity contribution >= 4 is 22.6 Å². The summed E-state index contributed by atoms with van der Waals surface area (Å²) in [6.45, 7) is 7.31. The molecule has 0 aliphatic carbocycles. The van der Waals surface area contributed by atoms with Crippen molar-refractivity contribution in [2.75, 3.05) is 44.2 Å². The van der Waals surface area contributed by atoms with Crippen molar-refractivity contribution in [1.29, 1.82) is 0 Å². The number of nitrogens with zero attached hydrogens (tertiary/aromatic N) is 4. The lowest BCUT2D eigenvalue weighted by molar-refractivity contribution is 0.0947. The molecule has 0 spiro atoms. The summed E-state index contributed by atoms with van der Waals surface area (Å²) in [4.78, 5) is 21.8. The molecule has 0 radical (unpaired) electrons. The molecule has 1 amide bonds. The van der Waals surface area contributed by atoms with Crippen LogP contribution in [0.5, 0.6) is 0 Å². The van der Waals surface area contributed by atoms with E-state index in [-0.39, 0.29) is 11.7 Å². The van der Waals surface area contributed by atoms with Crippen molar-refractivity contribution in [3.05, 3.63) is 76.9 Å². The van der Waals surface area contributed by atoms with Gasteiger partial charge in [-0.2, -0.15) is 4.37 Å². The van der Waals surface area contributed by atoms with Crippen molar-refractivity contribution in [2.24, 2.45) is 0 Å². The second-order valence-corrected chi connectivity index (χ2v) is 9.77. The Labute approximate surface area is 211 Å². The van der Waals surface area contributed by atoms with E-state index < -0.39 is 0 Å². The molecule has 1 aliphatic heterocycles. The molecule has 3 aromatic rings. The second-order valence-electron chi connectivity index (χ2n) is 9.04. The van der Waals surface area contributed by atoms with Gasteiger partial charge in [0, 0.05) is 62.8 Å². The third kappa shape index (κ3) is 7.57. The molecule has 2 aromatic carbocycles. The Morgan fingerprint density at radius 2 is 1.71 bits per heavy atom. The first kappa shape index (κ1) is 25.3. The van der Waals surface area contributed by atoms with Crippen LogP contribution < -0.4 is 10.2 Å². The highest BCUT2D eigenvalue weighted by Crippen LogP contribution is 2.20. The minimum Gasteiger partial charge on any atom is -0.351 e. The van der Waals surface area contributed by atoms with Crippen LogP contribution in [0.3, 0.4) is 0 Å². The second kappa shape index (κ2) is 12.7. The minimum atomic E-state index is -0.232. The van der Waals surface area contributed by atoms with Gasteiger partial charge in [-0.25, -0.2) is 9.37 Å². The predicted octanol–water partition coefficient (Wildman–Crippen LogP) is 4.55. The molecule has 35 heavy (non-hydrogen) atoms. The van der Waals surface area contributed by atoms with Gasteiger partial charge in [-0.3, -0.25) is 9.69 Å². The van der Waals surface area contributed by atoms with Crippen LogP contribution in [0, 0.1) is 5.82 Å². The van der Waals surface area contributed by atoms with Crippen LogP contribution in [0.2, 0.25) is 0 Å². The molecule has 8 heteroatoms. The number of carbonyl (C=O) groups excluding carboxylic acids is 1. The van der Waals surface area contributed by atoms with Gasteiger partial charge in [0.05, 0.1) is 0 Å². The fraction of sp³-hybridized carbons (Fsp3) is 0.444. The van der Waals surface area contributed by atoms with E-state index in [0.29, 0.717) is 13.0 Å².